The number of nitrogens with one attached hydrogen (secondary N) is 1. The summed E-state index contributed by atoms with van der Waals surface area (Å²) in [6.07, 6.45) is 0.412. The van der Waals surface area contributed by atoms with Crippen molar-refractivity contribution in [3.63, 3.8) is 0 Å². The highest BCUT2D eigenvalue weighted by molar-refractivity contribution is 5.57. The van der Waals surface area contributed by atoms with E-state index in [0.717, 1.165) is 23.6 Å². The highest BCUT2D eigenvalue weighted by Gasteiger charge is 2.27. The maximum Gasteiger partial charge on any atom is 0.140 e. The molecule has 0 amide bonds. The summed E-state index contributed by atoms with van der Waals surface area (Å²) in [5.41, 5.74) is 7.53. The molecule has 1 aliphatic heterocycles. The van der Waals surface area contributed by atoms with Crippen molar-refractivity contribution in [2.45, 2.75) is 32.2 Å². The molecule has 0 bridgehead atoms. The molecule has 1 aromatic heterocycles. The van der Waals surface area contributed by atoms with E-state index in [1.54, 1.807) is 4.90 Å². The maximum absolute atomic E-state index is 10.5. The number of aldehydes is 1. The second kappa shape index (κ2) is 4.32. The zero-order valence-electron chi connectivity index (χ0n) is 9.18. The summed E-state index contributed by atoms with van der Waals surface area (Å²) < 4.78 is 0. The van der Waals surface area contributed by atoms with E-state index in [1.807, 2.05) is 6.92 Å². The third kappa shape index (κ3) is 1.99. The predicted molar refractivity (Wildman–Crippen MR) is 57.5 cm³/mol. The van der Waals surface area contributed by atoms with E-state index >= 15 is 0 Å². The Balaban J connectivity index is 2.10. The lowest BCUT2D eigenvalue weighted by atomic mass is 10.1. The Morgan fingerprint density at radius 3 is 3.12 bits per heavy atom. The molecule has 2 rings (SSSR count). The van der Waals surface area contributed by atoms with Crippen LogP contribution in [0.15, 0.2) is 0 Å². The first kappa shape index (κ1) is 11.3. The van der Waals surface area contributed by atoms with Crippen LogP contribution in [0.25, 0.3) is 0 Å². The van der Waals surface area contributed by atoms with Crippen molar-refractivity contribution in [3.05, 3.63) is 17.2 Å². The highest BCUT2D eigenvalue weighted by Crippen LogP contribution is 2.18. The van der Waals surface area contributed by atoms with Crippen LogP contribution in [0, 0.1) is 6.92 Å². The molecule has 0 saturated carbocycles. The Morgan fingerprint density at radius 1 is 1.69 bits per heavy atom. The van der Waals surface area contributed by atoms with Crippen molar-refractivity contribution < 1.29 is 9.90 Å². The van der Waals surface area contributed by atoms with Crippen LogP contribution in [0.3, 0.4) is 0 Å². The van der Waals surface area contributed by atoms with E-state index in [-0.39, 0.29) is 0 Å². The van der Waals surface area contributed by atoms with Crippen LogP contribution in [0.5, 0.6) is 0 Å². The lowest BCUT2D eigenvalue weighted by molar-refractivity contribution is -0.115. The van der Waals surface area contributed by atoms with Gasteiger partial charge in [-0.05, 0) is 6.92 Å². The van der Waals surface area contributed by atoms with Gasteiger partial charge < -0.3 is 20.6 Å². The normalized spacial score (nSPS) is 20.2. The van der Waals surface area contributed by atoms with E-state index in [1.165, 1.54) is 0 Å². The second-order valence-corrected chi connectivity index (χ2v) is 4.09. The predicted octanol–water partition coefficient (Wildman–Crippen LogP) is -1.08. The van der Waals surface area contributed by atoms with E-state index in [0.29, 0.717) is 19.4 Å². The number of hydrogen-bond donors (Lipinski definition) is 3. The Labute approximate surface area is 93.5 Å². The quantitative estimate of drug-likeness (QED) is 0.568. The van der Waals surface area contributed by atoms with Crippen molar-refractivity contribution in [1.29, 1.82) is 0 Å². The van der Waals surface area contributed by atoms with E-state index < -0.39 is 12.3 Å². The molecule has 2 atom stereocenters. The average molecular weight is 224 g/mol. The van der Waals surface area contributed by atoms with Gasteiger partial charge in [-0.15, -0.1) is 0 Å². The van der Waals surface area contributed by atoms with Gasteiger partial charge in [0.2, 0.25) is 0 Å². The number of aromatic nitrogens is 2. The van der Waals surface area contributed by atoms with Crippen LogP contribution in [0.4, 0.5) is 0 Å². The van der Waals surface area contributed by atoms with Crippen molar-refractivity contribution >= 4 is 6.29 Å². The molecule has 2 unspecified atom stereocenters. The number of aryl methyl sites for hydroxylation is 1. The summed E-state index contributed by atoms with van der Waals surface area (Å²) >= 11 is 0. The van der Waals surface area contributed by atoms with Gasteiger partial charge in [0.25, 0.3) is 0 Å². The van der Waals surface area contributed by atoms with Crippen LogP contribution in [0.2, 0.25) is 0 Å². The molecule has 6 heteroatoms. The summed E-state index contributed by atoms with van der Waals surface area (Å²) in [5, 5.41) is 9.81. The van der Waals surface area contributed by atoms with Gasteiger partial charge in [0, 0.05) is 19.5 Å². The largest absolute Gasteiger partial charge is 0.376 e. The van der Waals surface area contributed by atoms with Crippen molar-refractivity contribution in [2.24, 2.45) is 5.73 Å². The number of aromatic amines is 1. The molecule has 0 aromatic carbocycles. The van der Waals surface area contributed by atoms with Gasteiger partial charge in [-0.3, -0.25) is 4.90 Å². The van der Waals surface area contributed by atoms with Crippen LogP contribution in [0.1, 0.15) is 17.2 Å². The number of fused-ring (bicyclic) bond motifs is 1. The molecule has 2 heterocycles. The Bertz CT molecular complexity index is 390. The van der Waals surface area contributed by atoms with E-state index in [2.05, 4.69) is 9.97 Å². The van der Waals surface area contributed by atoms with Crippen LogP contribution in [-0.4, -0.2) is 45.1 Å². The van der Waals surface area contributed by atoms with Gasteiger partial charge in [0.1, 0.15) is 24.4 Å². The minimum absolute atomic E-state index is 0.554. The monoisotopic (exact) mass is 224 g/mol. The molecule has 6 nitrogen and oxygen atoms in total. The highest BCUT2D eigenvalue weighted by atomic mass is 16.3. The molecule has 0 fully saturated rings. The minimum Gasteiger partial charge on any atom is -0.376 e. The summed E-state index contributed by atoms with van der Waals surface area (Å²) in [6.45, 7) is 3.12. The third-order valence-electron chi connectivity index (χ3n) is 2.86. The SMILES string of the molecule is Cc1nc2c([nH]1)CN(C(O)C(N)C=O)CC2. The fraction of sp³-hybridized carbons (Fsp3) is 0.600. The molecule has 0 spiro atoms. The van der Waals surface area contributed by atoms with Gasteiger partial charge >= 0.3 is 0 Å². The summed E-state index contributed by atoms with van der Waals surface area (Å²) in [4.78, 5) is 19.8. The Hall–Kier alpha value is -1.24. The summed E-state index contributed by atoms with van der Waals surface area (Å²) in [7, 11) is 0. The fourth-order valence-corrected chi connectivity index (χ4v) is 2.00. The van der Waals surface area contributed by atoms with E-state index in [9.17, 15) is 9.90 Å². The molecule has 1 aliphatic rings. The number of aliphatic hydroxyl groups excluding tert-OH is 1. The number of hydrogen-bond acceptors (Lipinski definition) is 5. The molecule has 16 heavy (non-hydrogen) atoms. The van der Waals surface area contributed by atoms with Gasteiger partial charge in [-0.25, -0.2) is 4.98 Å². The fourth-order valence-electron chi connectivity index (χ4n) is 2.00. The number of aliphatic hydroxyl groups is 1. The smallest absolute Gasteiger partial charge is 0.140 e. The number of carbonyl (C=O) groups excluding carboxylic acids is 1. The average Bonchev–Trinajstić information content (AvgIpc) is 2.65. The zero-order valence-corrected chi connectivity index (χ0v) is 9.18. The Morgan fingerprint density at radius 2 is 2.44 bits per heavy atom. The second-order valence-electron chi connectivity index (χ2n) is 4.09. The van der Waals surface area contributed by atoms with Crippen LogP contribution >= 0.6 is 0 Å². The number of nitrogens with two attached hydrogens (primary N) is 1. The minimum atomic E-state index is -0.922. The van der Waals surface area contributed by atoms with Crippen LogP contribution in [-0.2, 0) is 17.8 Å². The molecular formula is C10H16N4O2. The van der Waals surface area contributed by atoms with Crippen molar-refractivity contribution in [1.82, 2.24) is 14.9 Å². The summed E-state index contributed by atoms with van der Waals surface area (Å²) in [5.74, 6) is 0.876. The first-order chi connectivity index (χ1) is 7.61. The lowest BCUT2D eigenvalue weighted by Gasteiger charge is -2.31. The standard InChI is InChI=1S/C10H16N4O2/c1-6-12-8-2-3-14(4-9(8)13-6)10(16)7(11)5-15/h5,7,10,16H,2-4,11H2,1H3,(H,12,13). The number of rotatable bonds is 3. The lowest BCUT2D eigenvalue weighted by Crippen LogP contribution is -2.50. The molecule has 1 aromatic rings. The zero-order chi connectivity index (χ0) is 11.7. The summed E-state index contributed by atoms with van der Waals surface area (Å²) in [6, 6.07) is -0.856. The Kier molecular flexibility index (Phi) is 3.04. The van der Waals surface area contributed by atoms with E-state index in [4.69, 9.17) is 5.73 Å². The number of imidazole rings is 1. The first-order valence-corrected chi connectivity index (χ1v) is 5.29. The maximum atomic E-state index is 10.5. The molecule has 88 valence electrons. The molecular weight excluding hydrogens is 208 g/mol. The number of carbonyl (C=O) groups is 1. The first-order valence-electron chi connectivity index (χ1n) is 5.29. The molecule has 0 aliphatic carbocycles. The van der Waals surface area contributed by atoms with Crippen LogP contribution < -0.4 is 5.73 Å². The van der Waals surface area contributed by atoms with Crippen molar-refractivity contribution in [2.75, 3.05) is 6.54 Å². The third-order valence-corrected chi connectivity index (χ3v) is 2.86. The van der Waals surface area contributed by atoms with Gasteiger partial charge in [-0.1, -0.05) is 0 Å². The number of nitrogens with zero attached hydrogens (tertiary/aromatic N) is 2. The van der Waals surface area contributed by atoms with Gasteiger partial charge in [0.05, 0.1) is 11.4 Å². The molecule has 0 saturated heterocycles. The van der Waals surface area contributed by atoms with Gasteiger partial charge in [0.15, 0.2) is 0 Å². The van der Waals surface area contributed by atoms with Gasteiger partial charge in [-0.2, -0.15) is 0 Å². The van der Waals surface area contributed by atoms with Crippen molar-refractivity contribution in [3.8, 4) is 0 Å². The topological polar surface area (TPSA) is 95.2 Å². The molecule has 4 N–H and O–H groups in total. The number of H-pyrrole nitrogens is 1. The molecule has 0 radical (unpaired) electrons.